The lowest BCUT2D eigenvalue weighted by atomic mass is 10.0. The number of anilines is 1. The molecule has 0 atom stereocenters. The van der Waals surface area contributed by atoms with E-state index in [-0.39, 0.29) is 64.9 Å². The molecule has 15 heteroatoms. The summed E-state index contributed by atoms with van der Waals surface area (Å²) in [6.07, 6.45) is -6.61. The van der Waals surface area contributed by atoms with Crippen molar-refractivity contribution in [1.29, 1.82) is 0 Å². The standard InChI is InChI=1S/C26H22F5N5O4S/c1-15-11-16(5-6-20(15)26(29,30)31)21-13-22(23(27)28)36-24(34-21)19(14-32-36)25(37)33-17-3-2-4-18(12-17)41(38,39)35-7-9-40-10-8-35/h2-6,11-14,23H,7-10H2,1H3,(H,33,37). The summed E-state index contributed by atoms with van der Waals surface area (Å²) in [5.74, 6) is -0.811. The highest BCUT2D eigenvalue weighted by Crippen LogP contribution is 2.34. The van der Waals surface area contributed by atoms with Crippen LogP contribution in [0.25, 0.3) is 16.9 Å². The van der Waals surface area contributed by atoms with Crippen LogP contribution in [0.2, 0.25) is 0 Å². The molecule has 1 aliphatic rings. The van der Waals surface area contributed by atoms with E-state index in [1.54, 1.807) is 0 Å². The average molecular weight is 596 g/mol. The topological polar surface area (TPSA) is 106 Å². The molecule has 2 aromatic heterocycles. The lowest BCUT2D eigenvalue weighted by Gasteiger charge is -2.26. The highest BCUT2D eigenvalue weighted by atomic mass is 32.2. The van der Waals surface area contributed by atoms with Gasteiger partial charge >= 0.3 is 6.18 Å². The zero-order valence-electron chi connectivity index (χ0n) is 21.3. The van der Waals surface area contributed by atoms with Gasteiger partial charge in [-0.1, -0.05) is 12.1 Å². The van der Waals surface area contributed by atoms with Crippen molar-refractivity contribution in [3.8, 4) is 11.3 Å². The highest BCUT2D eigenvalue weighted by molar-refractivity contribution is 7.89. The number of ether oxygens (including phenoxy) is 1. The summed E-state index contributed by atoms with van der Waals surface area (Å²) in [7, 11) is -3.86. The fourth-order valence-electron chi connectivity index (χ4n) is 4.46. The van der Waals surface area contributed by atoms with Crippen LogP contribution >= 0.6 is 0 Å². The maximum Gasteiger partial charge on any atom is 0.416 e. The van der Waals surface area contributed by atoms with E-state index >= 15 is 0 Å². The first-order valence-corrected chi connectivity index (χ1v) is 13.6. The molecule has 0 bridgehead atoms. The molecule has 1 aliphatic heterocycles. The van der Waals surface area contributed by atoms with E-state index < -0.39 is 39.8 Å². The van der Waals surface area contributed by atoms with Crippen LogP contribution in [-0.4, -0.2) is 59.5 Å². The molecule has 1 saturated heterocycles. The van der Waals surface area contributed by atoms with Crippen LogP contribution < -0.4 is 5.32 Å². The summed E-state index contributed by atoms with van der Waals surface area (Å²) in [5, 5.41) is 6.41. The summed E-state index contributed by atoms with van der Waals surface area (Å²) < 4.78 is 101. The predicted molar refractivity (Wildman–Crippen MR) is 137 cm³/mol. The van der Waals surface area contributed by atoms with Gasteiger partial charge in [-0.15, -0.1) is 0 Å². The maximum absolute atomic E-state index is 14.0. The number of benzene rings is 2. The average Bonchev–Trinajstić information content (AvgIpc) is 3.36. The second-order valence-corrected chi connectivity index (χ2v) is 11.1. The molecular formula is C26H22F5N5O4S. The quantitative estimate of drug-likeness (QED) is 0.317. The van der Waals surface area contributed by atoms with Gasteiger partial charge in [0.2, 0.25) is 10.0 Å². The highest BCUT2D eigenvalue weighted by Gasteiger charge is 2.32. The number of alkyl halides is 5. The van der Waals surface area contributed by atoms with Crippen molar-refractivity contribution in [1.82, 2.24) is 18.9 Å². The molecule has 5 rings (SSSR count). The number of nitrogens with one attached hydrogen (secondary N) is 1. The molecule has 1 amide bonds. The van der Waals surface area contributed by atoms with E-state index in [0.29, 0.717) is 0 Å². The van der Waals surface area contributed by atoms with E-state index in [2.05, 4.69) is 15.4 Å². The second kappa shape index (κ2) is 10.8. The summed E-state index contributed by atoms with van der Waals surface area (Å²) in [4.78, 5) is 17.4. The third-order valence-corrected chi connectivity index (χ3v) is 8.39. The number of carbonyl (C=O) groups is 1. The Balaban J connectivity index is 1.49. The first-order chi connectivity index (χ1) is 19.4. The van der Waals surface area contributed by atoms with E-state index in [0.717, 1.165) is 28.9 Å². The van der Waals surface area contributed by atoms with Crippen LogP contribution in [0.15, 0.2) is 59.6 Å². The molecule has 0 spiro atoms. The number of carbonyl (C=O) groups excluding carboxylic acids is 1. The molecule has 216 valence electrons. The van der Waals surface area contributed by atoms with Crippen LogP contribution in [0.4, 0.5) is 27.6 Å². The van der Waals surface area contributed by atoms with Crippen LogP contribution in [-0.2, 0) is 20.9 Å². The van der Waals surface area contributed by atoms with Gasteiger partial charge in [-0.25, -0.2) is 26.7 Å². The smallest absolute Gasteiger partial charge is 0.379 e. The first kappa shape index (κ1) is 28.6. The number of hydrogen-bond acceptors (Lipinski definition) is 6. The van der Waals surface area contributed by atoms with Gasteiger partial charge in [-0.2, -0.15) is 22.6 Å². The van der Waals surface area contributed by atoms with Crippen LogP contribution in [0, 0.1) is 6.92 Å². The van der Waals surface area contributed by atoms with Crippen molar-refractivity contribution in [3.05, 3.63) is 77.1 Å². The van der Waals surface area contributed by atoms with Crippen molar-refractivity contribution in [3.63, 3.8) is 0 Å². The zero-order chi connectivity index (χ0) is 29.5. The number of amides is 1. The van der Waals surface area contributed by atoms with Gasteiger partial charge in [0.05, 0.1) is 35.6 Å². The SMILES string of the molecule is Cc1cc(-c2cc(C(F)F)n3ncc(C(=O)Nc4cccc(S(=O)(=O)N5CCOCC5)c4)c3n2)ccc1C(F)(F)F. The third kappa shape index (κ3) is 5.64. The van der Waals surface area contributed by atoms with Crippen molar-refractivity contribution >= 4 is 27.3 Å². The number of aryl methyl sites for hydroxylation is 1. The predicted octanol–water partition coefficient (Wildman–Crippen LogP) is 4.93. The molecule has 4 aromatic rings. The van der Waals surface area contributed by atoms with E-state index in [1.807, 2.05) is 0 Å². The number of hydrogen-bond donors (Lipinski definition) is 1. The summed E-state index contributed by atoms with van der Waals surface area (Å²) in [6, 6.07) is 9.66. The monoisotopic (exact) mass is 595 g/mol. The Labute approximate surface area is 230 Å². The van der Waals surface area contributed by atoms with Gasteiger partial charge in [0.25, 0.3) is 12.3 Å². The Bertz CT molecular complexity index is 1730. The molecular weight excluding hydrogens is 573 g/mol. The van der Waals surface area contributed by atoms with E-state index in [1.165, 1.54) is 41.6 Å². The van der Waals surface area contributed by atoms with Gasteiger partial charge in [0.15, 0.2) is 5.65 Å². The van der Waals surface area contributed by atoms with Crippen molar-refractivity contribution < 1.29 is 39.9 Å². The minimum absolute atomic E-state index is 0.0601. The first-order valence-electron chi connectivity index (χ1n) is 12.2. The summed E-state index contributed by atoms with van der Waals surface area (Å²) in [6.45, 7) is 2.11. The number of aromatic nitrogens is 3. The fraction of sp³-hybridized carbons (Fsp3) is 0.269. The summed E-state index contributed by atoms with van der Waals surface area (Å²) >= 11 is 0. The Morgan fingerprint density at radius 1 is 1.07 bits per heavy atom. The number of nitrogens with zero attached hydrogens (tertiary/aromatic N) is 4. The number of fused-ring (bicyclic) bond motifs is 1. The molecule has 0 radical (unpaired) electrons. The molecule has 1 fully saturated rings. The van der Waals surface area contributed by atoms with Crippen LogP contribution in [0.1, 0.15) is 33.6 Å². The Morgan fingerprint density at radius 3 is 2.46 bits per heavy atom. The molecule has 0 aliphatic carbocycles. The van der Waals surface area contributed by atoms with Gasteiger partial charge in [0, 0.05) is 24.3 Å². The van der Waals surface area contributed by atoms with Crippen molar-refractivity contribution in [2.24, 2.45) is 0 Å². The Morgan fingerprint density at radius 2 is 1.80 bits per heavy atom. The molecule has 41 heavy (non-hydrogen) atoms. The number of morpholine rings is 1. The molecule has 0 unspecified atom stereocenters. The lowest BCUT2D eigenvalue weighted by Crippen LogP contribution is -2.40. The number of sulfonamides is 1. The van der Waals surface area contributed by atoms with Crippen molar-refractivity contribution in [2.75, 3.05) is 31.6 Å². The fourth-order valence-corrected chi connectivity index (χ4v) is 5.91. The normalized spacial score (nSPS) is 15.0. The van der Waals surface area contributed by atoms with Crippen LogP contribution in [0.3, 0.4) is 0 Å². The van der Waals surface area contributed by atoms with Gasteiger partial charge in [0.1, 0.15) is 11.3 Å². The summed E-state index contributed by atoms with van der Waals surface area (Å²) in [5.41, 5.74) is -1.94. The molecule has 3 heterocycles. The minimum atomic E-state index is -4.59. The van der Waals surface area contributed by atoms with E-state index in [4.69, 9.17) is 4.74 Å². The Kier molecular flexibility index (Phi) is 7.52. The van der Waals surface area contributed by atoms with E-state index in [9.17, 15) is 35.2 Å². The lowest BCUT2D eigenvalue weighted by molar-refractivity contribution is -0.138. The minimum Gasteiger partial charge on any atom is -0.379 e. The number of rotatable bonds is 6. The van der Waals surface area contributed by atoms with Crippen molar-refractivity contribution in [2.45, 2.75) is 24.4 Å². The largest absolute Gasteiger partial charge is 0.416 e. The molecule has 9 nitrogen and oxygen atoms in total. The molecule has 2 aromatic carbocycles. The Hall–Kier alpha value is -3.95. The number of halogens is 5. The van der Waals surface area contributed by atoms with Crippen LogP contribution in [0.5, 0.6) is 0 Å². The van der Waals surface area contributed by atoms with Gasteiger partial charge in [-0.05, 0) is 48.9 Å². The molecule has 0 saturated carbocycles. The molecule has 1 N–H and O–H groups in total. The second-order valence-electron chi connectivity index (χ2n) is 9.19. The van der Waals surface area contributed by atoms with Gasteiger partial charge in [-0.3, -0.25) is 4.79 Å². The van der Waals surface area contributed by atoms with Gasteiger partial charge < -0.3 is 10.1 Å². The zero-order valence-corrected chi connectivity index (χ0v) is 22.1. The maximum atomic E-state index is 14.0. The third-order valence-electron chi connectivity index (χ3n) is 6.49.